The van der Waals surface area contributed by atoms with Crippen molar-refractivity contribution in [3.8, 4) is 11.5 Å². The largest absolute Gasteiger partial charge is 0.507 e. The van der Waals surface area contributed by atoms with Gasteiger partial charge >= 0.3 is 0 Å². The van der Waals surface area contributed by atoms with Crippen LogP contribution < -0.4 is 4.74 Å². The number of hydrogen-bond donors (Lipinski definition) is 2. The van der Waals surface area contributed by atoms with Crippen LogP contribution in [0.3, 0.4) is 0 Å². The van der Waals surface area contributed by atoms with Gasteiger partial charge in [0.05, 0.1) is 37.0 Å². The van der Waals surface area contributed by atoms with Crippen molar-refractivity contribution >= 4 is 33.4 Å². The van der Waals surface area contributed by atoms with Gasteiger partial charge in [-0.15, -0.1) is 0 Å². The van der Waals surface area contributed by atoms with Crippen LogP contribution in [-0.4, -0.2) is 77.7 Å². The smallest absolute Gasteiger partial charge is 0.295 e. The third-order valence-electron chi connectivity index (χ3n) is 6.24. The number of phenols is 1. The first-order valence-corrected chi connectivity index (χ1v) is 12.5. The van der Waals surface area contributed by atoms with E-state index in [0.717, 1.165) is 19.6 Å². The quantitative estimate of drug-likeness (QED) is 0.297. The molecular formula is C26H29BrN2O6. The second-order valence-electron chi connectivity index (χ2n) is 8.46. The van der Waals surface area contributed by atoms with Gasteiger partial charge in [0.25, 0.3) is 11.7 Å². The van der Waals surface area contributed by atoms with E-state index in [1.807, 2.05) is 6.92 Å². The molecular weight excluding hydrogens is 516 g/mol. The number of Topliss-reactive ketones (excluding diaryl/α,β-unsaturated/α-hetero) is 1. The number of nitrogens with zero attached hydrogens (tertiary/aromatic N) is 2. The van der Waals surface area contributed by atoms with Gasteiger partial charge in [0.15, 0.2) is 0 Å². The van der Waals surface area contributed by atoms with Crippen LogP contribution in [0.4, 0.5) is 0 Å². The van der Waals surface area contributed by atoms with Gasteiger partial charge in [-0.1, -0.05) is 28.1 Å². The van der Waals surface area contributed by atoms with Crippen molar-refractivity contribution in [3.05, 3.63) is 63.6 Å². The minimum absolute atomic E-state index is 0.0427. The number of ketones is 1. The number of carbonyl (C=O) groups excluding carboxylic acids is 2. The maximum Gasteiger partial charge on any atom is 0.295 e. The van der Waals surface area contributed by atoms with E-state index in [0.29, 0.717) is 48.6 Å². The van der Waals surface area contributed by atoms with E-state index in [1.165, 1.54) is 17.0 Å². The van der Waals surface area contributed by atoms with Crippen molar-refractivity contribution in [3.63, 3.8) is 0 Å². The van der Waals surface area contributed by atoms with Crippen molar-refractivity contribution < 1.29 is 29.3 Å². The van der Waals surface area contributed by atoms with Crippen LogP contribution in [0.2, 0.25) is 0 Å². The Hall–Kier alpha value is -2.88. The van der Waals surface area contributed by atoms with Crippen molar-refractivity contribution in [2.75, 3.05) is 46.0 Å². The Kier molecular flexibility index (Phi) is 8.10. The fourth-order valence-corrected chi connectivity index (χ4v) is 4.86. The van der Waals surface area contributed by atoms with Crippen molar-refractivity contribution in [1.82, 2.24) is 9.80 Å². The van der Waals surface area contributed by atoms with Gasteiger partial charge in [0.1, 0.15) is 17.3 Å². The number of amides is 1. The molecule has 0 bridgehead atoms. The van der Waals surface area contributed by atoms with Gasteiger partial charge in [0, 0.05) is 30.7 Å². The van der Waals surface area contributed by atoms with E-state index in [-0.39, 0.29) is 16.9 Å². The number of ether oxygens (including phenoxy) is 2. The van der Waals surface area contributed by atoms with Crippen LogP contribution in [0.25, 0.3) is 5.76 Å². The van der Waals surface area contributed by atoms with Crippen LogP contribution in [0.5, 0.6) is 11.5 Å². The Bertz CT molecular complexity index is 1110. The number of aromatic hydroxyl groups is 1. The zero-order valence-corrected chi connectivity index (χ0v) is 21.2. The van der Waals surface area contributed by atoms with Gasteiger partial charge in [-0.25, -0.2) is 0 Å². The van der Waals surface area contributed by atoms with Crippen LogP contribution in [0, 0.1) is 0 Å². The molecule has 8 nitrogen and oxygen atoms in total. The lowest BCUT2D eigenvalue weighted by Crippen LogP contribution is -2.38. The molecule has 2 N–H and O–H groups in total. The van der Waals surface area contributed by atoms with Crippen LogP contribution in [-0.2, 0) is 14.3 Å². The summed E-state index contributed by atoms with van der Waals surface area (Å²) < 4.78 is 11.5. The lowest BCUT2D eigenvalue weighted by molar-refractivity contribution is -0.140. The lowest BCUT2D eigenvalue weighted by Gasteiger charge is -2.29. The Labute approximate surface area is 212 Å². The van der Waals surface area contributed by atoms with E-state index < -0.39 is 23.5 Å². The number of aliphatic hydroxyl groups excluding tert-OH is 1. The number of morpholine rings is 1. The number of carbonyl (C=O) groups is 2. The fraction of sp³-hybridized carbons (Fsp3) is 0.385. The number of phenolic OH excluding ortho intramolecular Hbond substituents is 1. The predicted octanol–water partition coefficient (Wildman–Crippen LogP) is 3.70. The van der Waals surface area contributed by atoms with Gasteiger partial charge in [0.2, 0.25) is 0 Å². The molecule has 1 unspecified atom stereocenters. The minimum Gasteiger partial charge on any atom is -0.507 e. The van der Waals surface area contributed by atoms with Gasteiger partial charge < -0.3 is 24.6 Å². The normalized spacial score (nSPS) is 20.4. The Morgan fingerprint density at radius 2 is 1.83 bits per heavy atom. The number of hydrogen-bond acceptors (Lipinski definition) is 7. The monoisotopic (exact) mass is 544 g/mol. The summed E-state index contributed by atoms with van der Waals surface area (Å²) in [6.07, 6.45) is 0.669. The molecule has 1 amide bonds. The van der Waals surface area contributed by atoms with Crippen LogP contribution >= 0.6 is 15.9 Å². The van der Waals surface area contributed by atoms with Gasteiger partial charge in [-0.3, -0.25) is 14.5 Å². The molecule has 0 spiro atoms. The van der Waals surface area contributed by atoms with E-state index in [2.05, 4.69) is 20.8 Å². The fourth-order valence-electron chi connectivity index (χ4n) is 4.50. The minimum atomic E-state index is -0.784. The third kappa shape index (κ3) is 5.52. The Morgan fingerprint density at radius 3 is 2.51 bits per heavy atom. The molecule has 186 valence electrons. The molecule has 2 aromatic rings. The summed E-state index contributed by atoms with van der Waals surface area (Å²) in [5.41, 5.74) is 0.718. The lowest BCUT2D eigenvalue weighted by atomic mass is 9.95. The zero-order chi connectivity index (χ0) is 24.9. The maximum absolute atomic E-state index is 13.2. The number of aliphatic hydroxyl groups is 1. The molecule has 2 aromatic carbocycles. The highest BCUT2D eigenvalue weighted by molar-refractivity contribution is 9.10. The number of benzene rings is 2. The molecule has 2 aliphatic heterocycles. The molecule has 0 aliphatic carbocycles. The van der Waals surface area contributed by atoms with E-state index in [4.69, 9.17) is 9.47 Å². The molecule has 35 heavy (non-hydrogen) atoms. The van der Waals surface area contributed by atoms with Crippen molar-refractivity contribution in [1.29, 1.82) is 0 Å². The average Bonchev–Trinajstić information content (AvgIpc) is 3.11. The molecule has 2 fully saturated rings. The zero-order valence-electron chi connectivity index (χ0n) is 19.6. The van der Waals surface area contributed by atoms with Crippen molar-refractivity contribution in [2.45, 2.75) is 19.4 Å². The number of rotatable bonds is 8. The standard InChI is InChI=1S/C26H29BrN2O6/c1-2-35-19-7-4-17(5-8-19)23-22(24(31)20-16-18(27)6-9-21(20)30)25(32)26(33)29(23)11-3-10-28-12-14-34-15-13-28/h4-9,16,23,30-31H,2-3,10-15H2,1H3. The molecule has 1 atom stereocenters. The number of halogens is 1. The second kappa shape index (κ2) is 11.2. The second-order valence-corrected chi connectivity index (χ2v) is 9.38. The molecule has 9 heteroatoms. The summed E-state index contributed by atoms with van der Waals surface area (Å²) in [7, 11) is 0. The summed E-state index contributed by atoms with van der Waals surface area (Å²) >= 11 is 3.33. The topological polar surface area (TPSA) is 99.5 Å². The third-order valence-corrected chi connectivity index (χ3v) is 6.73. The summed E-state index contributed by atoms with van der Waals surface area (Å²) in [4.78, 5) is 30.1. The first kappa shape index (κ1) is 25.2. The summed E-state index contributed by atoms with van der Waals surface area (Å²) in [6.45, 7) is 6.57. The van der Waals surface area contributed by atoms with Crippen LogP contribution in [0.1, 0.15) is 30.5 Å². The molecule has 2 heterocycles. The maximum atomic E-state index is 13.2. The summed E-state index contributed by atoms with van der Waals surface area (Å²) in [5.74, 6) is -1.36. The molecule has 4 rings (SSSR count). The van der Waals surface area contributed by atoms with E-state index in [9.17, 15) is 19.8 Å². The molecule has 0 saturated carbocycles. The summed E-state index contributed by atoms with van der Waals surface area (Å²) in [6, 6.07) is 10.9. The molecule has 0 aromatic heterocycles. The Balaban J connectivity index is 1.70. The van der Waals surface area contributed by atoms with Gasteiger partial charge in [-0.05, 0) is 49.2 Å². The first-order chi connectivity index (χ1) is 16.9. The highest BCUT2D eigenvalue weighted by Gasteiger charge is 2.46. The SMILES string of the molecule is CCOc1ccc(C2C(=C(O)c3cc(Br)ccc3O)C(=O)C(=O)N2CCCN2CCOCC2)cc1. The molecule has 2 saturated heterocycles. The Morgan fingerprint density at radius 1 is 1.11 bits per heavy atom. The summed E-state index contributed by atoms with van der Waals surface area (Å²) in [5, 5.41) is 21.5. The predicted molar refractivity (Wildman–Crippen MR) is 134 cm³/mol. The number of likely N-dealkylation sites (tertiary alicyclic amines) is 1. The van der Waals surface area contributed by atoms with Crippen molar-refractivity contribution in [2.24, 2.45) is 0 Å². The first-order valence-electron chi connectivity index (χ1n) is 11.7. The molecule has 0 radical (unpaired) electrons. The van der Waals surface area contributed by atoms with E-state index in [1.54, 1.807) is 30.3 Å². The van der Waals surface area contributed by atoms with Crippen LogP contribution in [0.15, 0.2) is 52.5 Å². The van der Waals surface area contributed by atoms with E-state index >= 15 is 0 Å². The molecule has 2 aliphatic rings. The average molecular weight is 545 g/mol. The highest BCUT2D eigenvalue weighted by atomic mass is 79.9. The van der Waals surface area contributed by atoms with Gasteiger partial charge in [-0.2, -0.15) is 0 Å². The highest BCUT2D eigenvalue weighted by Crippen LogP contribution is 2.41.